The van der Waals surface area contributed by atoms with Crippen molar-refractivity contribution in [1.82, 2.24) is 5.32 Å². The number of benzene rings is 1. The van der Waals surface area contributed by atoms with Crippen molar-refractivity contribution in [1.29, 1.82) is 0 Å². The number of hydrogen-bond acceptors (Lipinski definition) is 6. The summed E-state index contributed by atoms with van der Waals surface area (Å²) >= 11 is 0. The Kier molecular flexibility index (Phi) is 9.07. The lowest BCUT2D eigenvalue weighted by Gasteiger charge is -2.36. The van der Waals surface area contributed by atoms with Crippen LogP contribution in [0.3, 0.4) is 0 Å². The number of rotatable bonds is 9. The molecule has 0 aliphatic carbocycles. The van der Waals surface area contributed by atoms with Gasteiger partial charge in [-0.3, -0.25) is 14.9 Å². The maximum atomic E-state index is 12.3. The van der Waals surface area contributed by atoms with Gasteiger partial charge >= 0.3 is 17.7 Å². The zero-order chi connectivity index (χ0) is 25.8. The van der Waals surface area contributed by atoms with E-state index in [0.29, 0.717) is 5.56 Å². The highest BCUT2D eigenvalue weighted by atomic mass is 28.4. The molecule has 0 radical (unpaired) electrons. The van der Waals surface area contributed by atoms with Crippen LogP contribution >= 0.6 is 0 Å². The molecule has 0 aliphatic heterocycles. The summed E-state index contributed by atoms with van der Waals surface area (Å²) in [5.74, 6) is -1.50. The number of carbonyl (C=O) groups is 2. The third-order valence-electron chi connectivity index (χ3n) is 5.65. The number of nitro benzene ring substituents is 1. The van der Waals surface area contributed by atoms with Crippen molar-refractivity contribution in [2.75, 3.05) is 0 Å². The van der Waals surface area contributed by atoms with Crippen molar-refractivity contribution in [2.24, 2.45) is 5.92 Å². The van der Waals surface area contributed by atoms with Gasteiger partial charge in [0, 0.05) is 12.1 Å². The van der Waals surface area contributed by atoms with Crippen LogP contribution in [0.2, 0.25) is 18.1 Å². The smallest absolute Gasteiger partial charge is 0.407 e. The number of carbonyl (C=O) groups excluding carboxylic acids is 1. The van der Waals surface area contributed by atoms with Crippen LogP contribution in [-0.4, -0.2) is 42.1 Å². The number of nitrogens with one attached hydrogen (secondary N) is 1. The molecule has 1 aromatic rings. The molecule has 186 valence electrons. The number of nitrogens with zero attached hydrogens (tertiary/aromatic N) is 1. The molecule has 0 spiro atoms. The molecule has 1 amide bonds. The van der Waals surface area contributed by atoms with E-state index in [1.54, 1.807) is 39.8 Å². The molecule has 10 heteroatoms. The summed E-state index contributed by atoms with van der Waals surface area (Å²) < 4.78 is 11.5. The summed E-state index contributed by atoms with van der Waals surface area (Å²) in [6, 6.07) is 4.14. The van der Waals surface area contributed by atoms with E-state index in [1.807, 2.05) is 13.1 Å². The highest BCUT2D eigenvalue weighted by molar-refractivity contribution is 6.74. The van der Waals surface area contributed by atoms with Crippen LogP contribution < -0.4 is 9.74 Å². The number of ether oxygens (including phenoxy) is 1. The topological polar surface area (TPSA) is 128 Å². The highest BCUT2D eigenvalue weighted by Crippen LogP contribution is 2.40. The van der Waals surface area contributed by atoms with Gasteiger partial charge in [0.15, 0.2) is 5.75 Å². The molecule has 0 bridgehead atoms. The van der Waals surface area contributed by atoms with Gasteiger partial charge in [-0.15, -0.1) is 0 Å². The van der Waals surface area contributed by atoms with Gasteiger partial charge in [-0.25, -0.2) is 4.79 Å². The molecule has 2 N–H and O–H groups in total. The number of carboxylic acids is 1. The van der Waals surface area contributed by atoms with Crippen molar-refractivity contribution in [3.63, 3.8) is 0 Å². The molecule has 1 rings (SSSR count). The van der Waals surface area contributed by atoms with Gasteiger partial charge in [0.05, 0.1) is 10.8 Å². The molecule has 2 atom stereocenters. The van der Waals surface area contributed by atoms with Crippen LogP contribution in [0.5, 0.6) is 5.75 Å². The molecular formula is C23H38N2O7Si. The van der Waals surface area contributed by atoms with Gasteiger partial charge < -0.3 is 19.6 Å². The molecule has 9 nitrogen and oxygen atoms in total. The summed E-state index contributed by atoms with van der Waals surface area (Å²) in [6.45, 7) is 16.9. The Morgan fingerprint density at radius 3 is 2.21 bits per heavy atom. The van der Waals surface area contributed by atoms with Crippen LogP contribution in [-0.2, 0) is 16.0 Å². The van der Waals surface area contributed by atoms with Crippen molar-refractivity contribution in [3.05, 3.63) is 33.9 Å². The summed E-state index contributed by atoms with van der Waals surface area (Å²) in [4.78, 5) is 34.9. The molecule has 0 saturated heterocycles. The van der Waals surface area contributed by atoms with Gasteiger partial charge in [-0.2, -0.15) is 0 Å². The molecule has 0 saturated carbocycles. The monoisotopic (exact) mass is 482 g/mol. The minimum absolute atomic E-state index is 0.130. The molecule has 2 unspecified atom stereocenters. The van der Waals surface area contributed by atoms with Crippen LogP contribution in [0.25, 0.3) is 0 Å². The number of aliphatic carboxylic acids is 1. The average Bonchev–Trinajstić information content (AvgIpc) is 2.59. The third-order valence-corrected chi connectivity index (χ3v) is 10.00. The summed E-state index contributed by atoms with van der Waals surface area (Å²) in [5.41, 5.74) is -0.281. The molecule has 1 aromatic carbocycles. The Bertz CT molecular complexity index is 873. The lowest BCUT2D eigenvalue weighted by molar-refractivity contribution is -0.385. The van der Waals surface area contributed by atoms with Crippen LogP contribution in [0.15, 0.2) is 18.2 Å². The lowest BCUT2D eigenvalue weighted by atomic mass is 9.96. The predicted molar refractivity (Wildman–Crippen MR) is 129 cm³/mol. The number of amides is 1. The molecule has 33 heavy (non-hydrogen) atoms. The van der Waals surface area contributed by atoms with Crippen LogP contribution in [0.1, 0.15) is 60.5 Å². The minimum Gasteiger partial charge on any atom is -0.539 e. The van der Waals surface area contributed by atoms with E-state index in [0.717, 1.165) is 0 Å². The first-order valence-corrected chi connectivity index (χ1v) is 13.9. The number of nitro groups is 1. The molecule has 0 fully saturated rings. The Morgan fingerprint density at radius 1 is 1.18 bits per heavy atom. The fourth-order valence-electron chi connectivity index (χ4n) is 2.83. The number of alkyl carbamates (subject to hydrolysis) is 1. The van der Waals surface area contributed by atoms with Crippen molar-refractivity contribution in [2.45, 2.75) is 91.1 Å². The predicted octanol–water partition coefficient (Wildman–Crippen LogP) is 5.53. The number of hydrogen-bond donors (Lipinski definition) is 2. The maximum Gasteiger partial charge on any atom is 0.407 e. The van der Waals surface area contributed by atoms with Gasteiger partial charge in [0.1, 0.15) is 5.60 Å². The zero-order valence-corrected chi connectivity index (χ0v) is 22.1. The highest BCUT2D eigenvalue weighted by Gasteiger charge is 2.40. The Labute approximate surface area is 197 Å². The largest absolute Gasteiger partial charge is 0.539 e. The Hall–Kier alpha value is -2.62. The van der Waals surface area contributed by atoms with Gasteiger partial charge in [-0.05, 0) is 63.4 Å². The Morgan fingerprint density at radius 2 is 1.76 bits per heavy atom. The Balaban J connectivity index is 3.20. The first kappa shape index (κ1) is 28.4. The molecule has 0 aliphatic rings. The lowest BCUT2D eigenvalue weighted by Crippen LogP contribution is -2.44. The maximum absolute atomic E-state index is 12.3. The van der Waals surface area contributed by atoms with Crippen LogP contribution in [0, 0.1) is 16.0 Å². The van der Waals surface area contributed by atoms with E-state index < -0.39 is 42.9 Å². The average molecular weight is 483 g/mol. The normalized spacial score (nSPS) is 14.2. The fraction of sp³-hybridized carbons (Fsp3) is 0.652. The van der Waals surface area contributed by atoms with Crippen molar-refractivity contribution >= 4 is 26.1 Å². The summed E-state index contributed by atoms with van der Waals surface area (Å²) in [5, 5.41) is 23.6. The SMILES string of the molecule is CC(CC(Cc1ccc(O[Si](C)(C)C(C)(C)C)c([N+](=O)[O-])c1)NC(=O)OC(C)(C)C)C(=O)O. The molecular weight excluding hydrogens is 444 g/mol. The summed E-state index contributed by atoms with van der Waals surface area (Å²) in [7, 11) is -2.29. The first-order valence-electron chi connectivity index (χ1n) is 11.0. The second-order valence-corrected chi connectivity index (χ2v) is 15.7. The van der Waals surface area contributed by atoms with E-state index in [4.69, 9.17) is 9.16 Å². The second kappa shape index (κ2) is 10.5. The van der Waals surface area contributed by atoms with Gasteiger partial charge in [-0.1, -0.05) is 33.8 Å². The van der Waals surface area contributed by atoms with E-state index in [1.165, 1.54) is 6.07 Å². The number of carboxylic acid groups (broad SMARTS) is 1. The fourth-order valence-corrected chi connectivity index (χ4v) is 3.86. The molecule has 0 aromatic heterocycles. The standard InChI is InChI=1S/C23H38N2O7Si/c1-15(20(26)27)12-17(24-21(28)31-22(2,3)4)13-16-10-11-19(18(14-16)25(29)30)32-33(8,9)23(5,6)7/h10-11,14-15,17H,12-13H2,1-9H3,(H,24,28)(H,26,27). The molecule has 0 heterocycles. The van der Waals surface area contributed by atoms with Crippen LogP contribution in [0.4, 0.5) is 10.5 Å². The van der Waals surface area contributed by atoms with Gasteiger partial charge in [0.25, 0.3) is 8.32 Å². The van der Waals surface area contributed by atoms with E-state index in [2.05, 4.69) is 26.1 Å². The third kappa shape index (κ3) is 9.03. The van der Waals surface area contributed by atoms with Crippen molar-refractivity contribution in [3.8, 4) is 5.75 Å². The summed E-state index contributed by atoms with van der Waals surface area (Å²) in [6.07, 6.45) is -0.319. The minimum atomic E-state index is -2.29. The van der Waals surface area contributed by atoms with E-state index in [9.17, 15) is 24.8 Å². The van der Waals surface area contributed by atoms with Gasteiger partial charge in [0.2, 0.25) is 0 Å². The van der Waals surface area contributed by atoms with E-state index >= 15 is 0 Å². The van der Waals surface area contributed by atoms with Crippen molar-refractivity contribution < 1.29 is 28.8 Å². The zero-order valence-electron chi connectivity index (χ0n) is 21.1. The first-order chi connectivity index (χ1) is 14.8. The second-order valence-electron chi connectivity index (χ2n) is 10.9. The quantitative estimate of drug-likeness (QED) is 0.269. The van der Waals surface area contributed by atoms with E-state index in [-0.39, 0.29) is 29.3 Å².